The van der Waals surface area contributed by atoms with Crippen LogP contribution in [0.2, 0.25) is 0 Å². The molecule has 1 aliphatic carbocycles. The van der Waals surface area contributed by atoms with Crippen molar-refractivity contribution in [3.8, 4) is 5.75 Å². The minimum atomic E-state index is 0.273. The Hall–Kier alpha value is -1.06. The van der Waals surface area contributed by atoms with Crippen molar-refractivity contribution in [2.45, 2.75) is 32.7 Å². The van der Waals surface area contributed by atoms with E-state index in [1.54, 1.807) is 7.11 Å². The van der Waals surface area contributed by atoms with Crippen LogP contribution in [0.15, 0.2) is 12.1 Å². The summed E-state index contributed by atoms with van der Waals surface area (Å²) >= 11 is 0. The van der Waals surface area contributed by atoms with Gasteiger partial charge in [0.15, 0.2) is 0 Å². The number of aryl methyl sites for hydroxylation is 2. The summed E-state index contributed by atoms with van der Waals surface area (Å²) in [6.45, 7) is 5.04. The first-order valence-electron chi connectivity index (χ1n) is 6.97. The van der Waals surface area contributed by atoms with Crippen LogP contribution >= 0.6 is 0 Å². The second-order valence-corrected chi connectivity index (χ2v) is 6.11. The van der Waals surface area contributed by atoms with Crippen LogP contribution in [-0.2, 0) is 0 Å². The van der Waals surface area contributed by atoms with Crippen molar-refractivity contribution in [2.75, 3.05) is 27.7 Å². The van der Waals surface area contributed by atoms with Gasteiger partial charge in [0.25, 0.3) is 0 Å². The van der Waals surface area contributed by atoms with Gasteiger partial charge in [-0.15, -0.1) is 0 Å². The normalized spacial score (nSPS) is 18.5. The summed E-state index contributed by atoms with van der Waals surface area (Å²) in [5.41, 5.74) is 10.2. The molecule has 3 heteroatoms. The first kappa shape index (κ1) is 14.4. The molecule has 0 radical (unpaired) electrons. The van der Waals surface area contributed by atoms with Gasteiger partial charge in [0.1, 0.15) is 5.75 Å². The highest BCUT2D eigenvalue weighted by Gasteiger charge is 2.50. The van der Waals surface area contributed by atoms with Gasteiger partial charge in [-0.25, -0.2) is 0 Å². The van der Waals surface area contributed by atoms with Gasteiger partial charge in [-0.1, -0.05) is 6.07 Å². The number of nitrogens with zero attached hydrogens (tertiary/aromatic N) is 1. The van der Waals surface area contributed by atoms with E-state index in [9.17, 15) is 0 Å². The summed E-state index contributed by atoms with van der Waals surface area (Å²) in [7, 11) is 6.03. The highest BCUT2D eigenvalue weighted by atomic mass is 16.5. The average molecular weight is 262 g/mol. The molecule has 1 fully saturated rings. The molecule has 1 atom stereocenters. The Kier molecular flexibility index (Phi) is 3.88. The maximum absolute atomic E-state index is 6.04. The molecule has 0 aromatic heterocycles. The summed E-state index contributed by atoms with van der Waals surface area (Å²) in [5, 5.41) is 0. The Bertz CT molecular complexity index is 464. The van der Waals surface area contributed by atoms with Crippen molar-refractivity contribution in [2.24, 2.45) is 11.1 Å². The van der Waals surface area contributed by atoms with Crippen LogP contribution in [0.5, 0.6) is 5.75 Å². The topological polar surface area (TPSA) is 38.5 Å². The van der Waals surface area contributed by atoms with Gasteiger partial charge in [0.05, 0.1) is 7.11 Å². The second kappa shape index (κ2) is 5.14. The highest BCUT2D eigenvalue weighted by Crippen LogP contribution is 2.56. The van der Waals surface area contributed by atoms with Crippen LogP contribution in [0.3, 0.4) is 0 Å². The fraction of sp³-hybridized carbons (Fsp3) is 0.625. The number of methoxy groups -OCH3 is 1. The lowest BCUT2D eigenvalue weighted by Crippen LogP contribution is -2.34. The lowest BCUT2D eigenvalue weighted by molar-refractivity contribution is 0.197. The molecule has 0 heterocycles. The Balaban J connectivity index is 2.46. The van der Waals surface area contributed by atoms with Gasteiger partial charge in [0.2, 0.25) is 0 Å². The van der Waals surface area contributed by atoms with Gasteiger partial charge in [-0.05, 0) is 70.1 Å². The van der Waals surface area contributed by atoms with E-state index in [1.807, 2.05) is 0 Å². The van der Waals surface area contributed by atoms with Crippen molar-refractivity contribution in [1.29, 1.82) is 0 Å². The summed E-state index contributed by atoms with van der Waals surface area (Å²) in [5.74, 6) is 0.969. The minimum absolute atomic E-state index is 0.273. The molecule has 106 valence electrons. The summed E-state index contributed by atoms with van der Waals surface area (Å²) in [4.78, 5) is 2.31. The van der Waals surface area contributed by atoms with Gasteiger partial charge in [0, 0.05) is 11.5 Å². The zero-order valence-corrected chi connectivity index (χ0v) is 12.8. The molecule has 1 aromatic carbocycles. The molecule has 1 saturated carbocycles. The Morgan fingerprint density at radius 1 is 1.26 bits per heavy atom. The van der Waals surface area contributed by atoms with E-state index >= 15 is 0 Å². The molecule has 0 amide bonds. The minimum Gasteiger partial charge on any atom is -0.496 e. The average Bonchev–Trinajstić information content (AvgIpc) is 3.14. The summed E-state index contributed by atoms with van der Waals surface area (Å²) in [6, 6.07) is 4.82. The SMILES string of the molecule is COc1cc(C)c(C(N(C)C)C2(CN)CC2)cc1C. The lowest BCUT2D eigenvalue weighted by atomic mass is 9.86. The molecule has 0 aliphatic heterocycles. The van der Waals surface area contributed by atoms with Crippen LogP contribution in [0.1, 0.15) is 35.6 Å². The smallest absolute Gasteiger partial charge is 0.122 e. The molecule has 3 nitrogen and oxygen atoms in total. The maximum atomic E-state index is 6.04. The first-order valence-corrected chi connectivity index (χ1v) is 6.97. The van der Waals surface area contributed by atoms with Crippen molar-refractivity contribution >= 4 is 0 Å². The predicted molar refractivity (Wildman–Crippen MR) is 79.6 cm³/mol. The van der Waals surface area contributed by atoms with Crippen molar-refractivity contribution in [3.05, 3.63) is 28.8 Å². The summed E-state index contributed by atoms with van der Waals surface area (Å²) in [6.07, 6.45) is 2.47. The second-order valence-electron chi connectivity index (χ2n) is 6.11. The maximum Gasteiger partial charge on any atom is 0.122 e. The van der Waals surface area contributed by atoms with Crippen molar-refractivity contribution in [1.82, 2.24) is 4.90 Å². The molecule has 0 spiro atoms. The Labute approximate surface area is 116 Å². The molecule has 1 unspecified atom stereocenters. The zero-order valence-electron chi connectivity index (χ0n) is 12.8. The van der Waals surface area contributed by atoms with E-state index in [1.165, 1.54) is 29.5 Å². The number of hydrogen-bond acceptors (Lipinski definition) is 3. The number of benzene rings is 1. The van der Waals surface area contributed by atoms with Crippen LogP contribution in [0.4, 0.5) is 0 Å². The predicted octanol–water partition coefficient (Wildman–Crippen LogP) is 2.65. The van der Waals surface area contributed by atoms with E-state index < -0.39 is 0 Å². The fourth-order valence-electron chi connectivity index (χ4n) is 3.23. The number of nitrogens with two attached hydrogens (primary N) is 1. The highest BCUT2D eigenvalue weighted by molar-refractivity contribution is 5.44. The van der Waals surface area contributed by atoms with Crippen molar-refractivity contribution < 1.29 is 4.74 Å². The van der Waals surface area contributed by atoms with E-state index in [4.69, 9.17) is 10.5 Å². The molecular formula is C16H26N2O. The molecule has 2 rings (SSSR count). The largest absolute Gasteiger partial charge is 0.496 e. The summed E-state index contributed by atoms with van der Waals surface area (Å²) < 4.78 is 5.41. The molecule has 0 bridgehead atoms. The van der Waals surface area contributed by atoms with E-state index in [-0.39, 0.29) is 5.41 Å². The fourth-order valence-corrected chi connectivity index (χ4v) is 3.23. The molecule has 2 N–H and O–H groups in total. The lowest BCUT2D eigenvalue weighted by Gasteiger charge is -2.34. The quantitative estimate of drug-likeness (QED) is 0.886. The monoisotopic (exact) mass is 262 g/mol. The standard InChI is InChI=1S/C16H26N2O/c1-11-9-14(19-5)12(2)8-13(11)15(18(3)4)16(10-17)6-7-16/h8-9,15H,6-7,10,17H2,1-5H3. The molecule has 19 heavy (non-hydrogen) atoms. The van der Waals surface area contributed by atoms with Gasteiger partial charge in [-0.3, -0.25) is 0 Å². The van der Waals surface area contributed by atoms with Crippen LogP contribution in [-0.4, -0.2) is 32.6 Å². The van der Waals surface area contributed by atoms with Gasteiger partial charge in [-0.2, -0.15) is 0 Å². The third kappa shape index (κ3) is 2.49. The number of ether oxygens (including phenoxy) is 1. The Morgan fingerprint density at radius 3 is 2.32 bits per heavy atom. The molecule has 0 saturated heterocycles. The first-order chi connectivity index (χ1) is 8.95. The number of rotatable bonds is 5. The van der Waals surface area contributed by atoms with Crippen LogP contribution in [0, 0.1) is 19.3 Å². The van der Waals surface area contributed by atoms with Gasteiger partial charge >= 0.3 is 0 Å². The van der Waals surface area contributed by atoms with Crippen molar-refractivity contribution in [3.63, 3.8) is 0 Å². The molecule has 1 aliphatic rings. The zero-order chi connectivity index (χ0) is 14.2. The third-order valence-corrected chi connectivity index (χ3v) is 4.47. The van der Waals surface area contributed by atoms with Crippen LogP contribution in [0.25, 0.3) is 0 Å². The van der Waals surface area contributed by atoms with E-state index in [2.05, 4.69) is 45.0 Å². The third-order valence-electron chi connectivity index (χ3n) is 4.47. The van der Waals surface area contributed by atoms with Crippen LogP contribution < -0.4 is 10.5 Å². The molecular weight excluding hydrogens is 236 g/mol. The van der Waals surface area contributed by atoms with E-state index in [0.717, 1.165) is 12.3 Å². The van der Waals surface area contributed by atoms with Gasteiger partial charge < -0.3 is 15.4 Å². The van der Waals surface area contributed by atoms with E-state index in [0.29, 0.717) is 6.04 Å². The molecule has 1 aromatic rings. The Morgan fingerprint density at radius 2 is 1.89 bits per heavy atom. The number of hydrogen-bond donors (Lipinski definition) is 1.